The molecule has 0 atom stereocenters. The van der Waals surface area contributed by atoms with Gasteiger partial charge in [-0.3, -0.25) is 9.83 Å². The van der Waals surface area contributed by atoms with Crippen molar-refractivity contribution < 1.29 is 5.11 Å². The van der Waals surface area contributed by atoms with Crippen molar-refractivity contribution in [3.05, 3.63) is 76.4 Å². The molecule has 0 radical (unpaired) electrons. The van der Waals surface area contributed by atoms with Gasteiger partial charge in [-0.15, -0.1) is 0 Å². The number of hydrogen-bond acceptors (Lipinski definition) is 5. The fourth-order valence-electron chi connectivity index (χ4n) is 4.29. The molecule has 0 aliphatic heterocycles. The van der Waals surface area contributed by atoms with Gasteiger partial charge in [-0.2, -0.15) is 9.61 Å². The molecule has 1 aliphatic rings. The summed E-state index contributed by atoms with van der Waals surface area (Å²) in [7, 11) is 0. The number of benzene rings is 1. The maximum atomic E-state index is 10.3. The van der Waals surface area contributed by atoms with E-state index in [1.165, 1.54) is 0 Å². The van der Waals surface area contributed by atoms with Crippen LogP contribution in [0, 0.1) is 6.57 Å². The average Bonchev–Trinajstić information content (AvgIpc) is 3.27. The standard InChI is InChI=1S/C24H21BrN6O/c1-27-24(32)11-9-16(10-12-24)21-20(25)22(26)31-23(30-21)18(14-29-31)17-7-8-19(28-13-17)15-5-3-2-4-6-15/h2-8,13-14,16,32H,9-12,26H2. The number of aliphatic hydroxyl groups is 1. The lowest BCUT2D eigenvalue weighted by Crippen LogP contribution is -2.30. The molecule has 3 aromatic heterocycles. The van der Waals surface area contributed by atoms with Crippen molar-refractivity contribution in [3.8, 4) is 22.4 Å². The largest absolute Gasteiger partial charge is 0.383 e. The van der Waals surface area contributed by atoms with Gasteiger partial charge in [0, 0.05) is 28.8 Å². The number of aromatic nitrogens is 4. The van der Waals surface area contributed by atoms with Crippen LogP contribution in [-0.2, 0) is 0 Å². The van der Waals surface area contributed by atoms with E-state index in [9.17, 15) is 5.11 Å². The number of fused-ring (bicyclic) bond motifs is 1. The zero-order chi connectivity index (χ0) is 22.3. The van der Waals surface area contributed by atoms with Crippen molar-refractivity contribution in [1.82, 2.24) is 19.6 Å². The van der Waals surface area contributed by atoms with Gasteiger partial charge < -0.3 is 10.8 Å². The monoisotopic (exact) mass is 488 g/mol. The third-order valence-corrected chi connectivity index (χ3v) is 6.99. The number of hydrogen-bond donors (Lipinski definition) is 2. The summed E-state index contributed by atoms with van der Waals surface area (Å²) in [6.45, 7) is 7.23. The summed E-state index contributed by atoms with van der Waals surface area (Å²) in [5, 5.41) is 14.7. The third kappa shape index (κ3) is 3.53. The molecule has 1 fully saturated rings. The second kappa shape index (κ2) is 8.01. The smallest absolute Gasteiger partial charge is 0.334 e. The highest BCUT2D eigenvalue weighted by molar-refractivity contribution is 9.10. The fraction of sp³-hybridized carbons (Fsp3) is 0.250. The first-order chi connectivity index (χ1) is 15.5. The highest BCUT2D eigenvalue weighted by atomic mass is 79.9. The molecule has 3 N–H and O–H groups in total. The predicted octanol–water partition coefficient (Wildman–Crippen LogP) is 5.07. The fourth-order valence-corrected chi connectivity index (χ4v) is 4.87. The van der Waals surface area contributed by atoms with Gasteiger partial charge in [0.15, 0.2) is 5.65 Å². The first-order valence-corrected chi connectivity index (χ1v) is 11.2. The van der Waals surface area contributed by atoms with Crippen LogP contribution in [0.2, 0.25) is 0 Å². The minimum Gasteiger partial charge on any atom is -0.383 e. The van der Waals surface area contributed by atoms with Crippen molar-refractivity contribution >= 4 is 27.4 Å². The van der Waals surface area contributed by atoms with Crippen LogP contribution >= 0.6 is 15.9 Å². The van der Waals surface area contributed by atoms with Gasteiger partial charge in [-0.25, -0.2) is 11.6 Å². The molecule has 7 nitrogen and oxygen atoms in total. The summed E-state index contributed by atoms with van der Waals surface area (Å²) in [5.74, 6) is 0.594. The Morgan fingerprint density at radius 2 is 1.84 bits per heavy atom. The van der Waals surface area contributed by atoms with E-state index in [0.717, 1.165) is 32.6 Å². The number of halogens is 1. The lowest BCUT2D eigenvalue weighted by atomic mass is 9.82. The van der Waals surface area contributed by atoms with E-state index < -0.39 is 5.72 Å². The van der Waals surface area contributed by atoms with Crippen molar-refractivity contribution in [3.63, 3.8) is 0 Å². The van der Waals surface area contributed by atoms with Gasteiger partial charge in [0.25, 0.3) is 0 Å². The molecule has 8 heteroatoms. The zero-order valence-electron chi connectivity index (χ0n) is 17.2. The number of pyridine rings is 1. The Kier molecular flexibility index (Phi) is 5.16. The summed E-state index contributed by atoms with van der Waals surface area (Å²) in [6.07, 6.45) is 5.80. The van der Waals surface area contributed by atoms with E-state index in [1.807, 2.05) is 48.7 Å². The maximum absolute atomic E-state index is 10.3. The van der Waals surface area contributed by atoms with Gasteiger partial charge >= 0.3 is 5.72 Å². The second-order valence-corrected chi connectivity index (χ2v) is 8.95. The quantitative estimate of drug-likeness (QED) is 0.392. The van der Waals surface area contributed by atoms with Gasteiger partial charge in [0.2, 0.25) is 0 Å². The molecule has 3 heterocycles. The highest BCUT2D eigenvalue weighted by Gasteiger charge is 2.40. The molecule has 0 spiro atoms. The lowest BCUT2D eigenvalue weighted by molar-refractivity contribution is 0.0424. The lowest BCUT2D eigenvalue weighted by Gasteiger charge is -2.27. The van der Waals surface area contributed by atoms with Gasteiger partial charge in [-0.05, 0) is 34.8 Å². The Hall–Kier alpha value is -3.28. The van der Waals surface area contributed by atoms with Gasteiger partial charge in [0.1, 0.15) is 5.82 Å². The zero-order valence-corrected chi connectivity index (χ0v) is 18.8. The molecule has 1 aromatic carbocycles. The summed E-state index contributed by atoms with van der Waals surface area (Å²) >= 11 is 3.60. The van der Waals surface area contributed by atoms with Crippen LogP contribution in [0.25, 0.3) is 32.9 Å². The molecule has 4 aromatic rings. The SMILES string of the molecule is [C-]#[N+]C1(O)CCC(c2nc3c(-c4ccc(-c5ccccc5)nc4)cnn3c(N)c2Br)CC1. The normalized spacial score (nSPS) is 20.8. The van der Waals surface area contributed by atoms with E-state index in [2.05, 4.69) is 30.9 Å². The van der Waals surface area contributed by atoms with Crippen LogP contribution in [-0.4, -0.2) is 30.4 Å². The van der Waals surface area contributed by atoms with E-state index >= 15 is 0 Å². The van der Waals surface area contributed by atoms with E-state index in [4.69, 9.17) is 17.3 Å². The minimum absolute atomic E-state index is 0.111. The van der Waals surface area contributed by atoms with Crippen LogP contribution in [0.1, 0.15) is 37.3 Å². The second-order valence-electron chi connectivity index (χ2n) is 8.16. The molecule has 0 unspecified atom stereocenters. The number of rotatable bonds is 3. The Bertz CT molecular complexity index is 1320. The molecule has 0 saturated heterocycles. The molecule has 1 saturated carbocycles. The number of nitrogens with two attached hydrogens (primary N) is 1. The van der Waals surface area contributed by atoms with Crippen LogP contribution in [0.3, 0.4) is 0 Å². The van der Waals surface area contributed by atoms with E-state index in [-0.39, 0.29) is 5.92 Å². The molecular formula is C24H21BrN6O. The Morgan fingerprint density at radius 3 is 2.50 bits per heavy atom. The van der Waals surface area contributed by atoms with Crippen molar-refractivity contribution in [2.24, 2.45) is 0 Å². The summed E-state index contributed by atoms with van der Waals surface area (Å²) in [5.41, 5.74) is 10.4. The average molecular weight is 489 g/mol. The molecule has 160 valence electrons. The first-order valence-electron chi connectivity index (χ1n) is 10.4. The maximum Gasteiger partial charge on any atom is 0.334 e. The Labute approximate surface area is 193 Å². The number of nitrogen functional groups attached to an aromatic ring is 1. The molecule has 0 amide bonds. The van der Waals surface area contributed by atoms with E-state index in [1.54, 1.807) is 10.7 Å². The summed E-state index contributed by atoms with van der Waals surface area (Å²) in [4.78, 5) is 13.0. The molecule has 1 aliphatic carbocycles. The topological polar surface area (TPSA) is 93.7 Å². The summed E-state index contributed by atoms with van der Waals surface area (Å²) < 4.78 is 2.35. The van der Waals surface area contributed by atoms with E-state index in [0.29, 0.717) is 37.1 Å². The van der Waals surface area contributed by atoms with Crippen LogP contribution < -0.4 is 5.73 Å². The number of anilines is 1. The third-order valence-electron chi connectivity index (χ3n) is 6.17. The van der Waals surface area contributed by atoms with Crippen molar-refractivity contribution in [2.75, 3.05) is 5.73 Å². The highest BCUT2D eigenvalue weighted by Crippen LogP contribution is 2.42. The summed E-state index contributed by atoms with van der Waals surface area (Å²) in [6, 6.07) is 14.0. The van der Waals surface area contributed by atoms with Crippen LogP contribution in [0.15, 0.2) is 59.3 Å². The molecule has 32 heavy (non-hydrogen) atoms. The van der Waals surface area contributed by atoms with Crippen molar-refractivity contribution in [2.45, 2.75) is 37.3 Å². The van der Waals surface area contributed by atoms with Crippen molar-refractivity contribution in [1.29, 1.82) is 0 Å². The number of nitrogens with zero attached hydrogens (tertiary/aromatic N) is 5. The minimum atomic E-state index is -1.26. The predicted molar refractivity (Wildman–Crippen MR) is 127 cm³/mol. The molecular weight excluding hydrogens is 468 g/mol. The molecule has 0 bridgehead atoms. The Morgan fingerprint density at radius 1 is 1.09 bits per heavy atom. The van der Waals surface area contributed by atoms with Crippen LogP contribution in [0.4, 0.5) is 5.82 Å². The molecule has 5 rings (SSSR count). The van der Waals surface area contributed by atoms with Gasteiger partial charge in [-0.1, -0.05) is 36.4 Å². The Balaban J connectivity index is 1.52. The van der Waals surface area contributed by atoms with Crippen LogP contribution in [0.5, 0.6) is 0 Å². The van der Waals surface area contributed by atoms with Gasteiger partial charge in [0.05, 0.1) is 34.9 Å². The first kappa shape index (κ1) is 20.6.